The maximum atomic E-state index is 12.8. The van der Waals surface area contributed by atoms with Crippen molar-refractivity contribution in [2.45, 2.75) is 4.90 Å². The van der Waals surface area contributed by atoms with Crippen LogP contribution < -0.4 is 14.8 Å². The summed E-state index contributed by atoms with van der Waals surface area (Å²) < 4.78 is 47.2. The van der Waals surface area contributed by atoms with Crippen LogP contribution in [-0.2, 0) is 24.3 Å². The molecule has 0 aliphatic carbocycles. The van der Waals surface area contributed by atoms with E-state index in [-0.39, 0.29) is 36.8 Å². The van der Waals surface area contributed by atoms with Crippen molar-refractivity contribution in [3.05, 3.63) is 42.0 Å². The molecule has 3 rings (SSSR count). The van der Waals surface area contributed by atoms with Gasteiger partial charge in [0.25, 0.3) is 5.91 Å². The first-order chi connectivity index (χ1) is 15.7. The Morgan fingerprint density at radius 1 is 1.06 bits per heavy atom. The second-order valence-corrected chi connectivity index (χ2v) is 8.86. The summed E-state index contributed by atoms with van der Waals surface area (Å²) in [5, 5.41) is 12.6. The third kappa shape index (κ3) is 5.92. The molecule has 1 heterocycles. The number of nitrogens with zero attached hydrogens (tertiary/aromatic N) is 1. The number of benzene rings is 2. The zero-order valence-electron chi connectivity index (χ0n) is 18.1. The van der Waals surface area contributed by atoms with E-state index in [2.05, 4.69) is 5.32 Å². The number of methoxy groups -OCH3 is 2. The zero-order valence-corrected chi connectivity index (χ0v) is 18.9. The van der Waals surface area contributed by atoms with Crippen LogP contribution in [0.2, 0.25) is 0 Å². The fourth-order valence-electron chi connectivity index (χ4n) is 3.06. The molecule has 11 nitrogen and oxygen atoms in total. The van der Waals surface area contributed by atoms with Gasteiger partial charge in [-0.1, -0.05) is 0 Å². The van der Waals surface area contributed by atoms with Gasteiger partial charge in [-0.2, -0.15) is 4.31 Å². The Balaban J connectivity index is 1.68. The number of rotatable bonds is 8. The Morgan fingerprint density at radius 2 is 1.70 bits per heavy atom. The van der Waals surface area contributed by atoms with Crippen LogP contribution in [0.3, 0.4) is 0 Å². The fourth-order valence-corrected chi connectivity index (χ4v) is 4.50. The summed E-state index contributed by atoms with van der Waals surface area (Å²) in [7, 11) is -0.968. The van der Waals surface area contributed by atoms with Gasteiger partial charge in [-0.05, 0) is 18.2 Å². The lowest BCUT2D eigenvalue weighted by Gasteiger charge is -2.26. The maximum Gasteiger partial charge on any atom is 0.342 e. The third-order valence-electron chi connectivity index (χ3n) is 4.77. The minimum Gasteiger partial charge on any atom is -0.507 e. The Labute approximate surface area is 190 Å². The lowest BCUT2D eigenvalue weighted by Crippen LogP contribution is -2.40. The molecule has 33 heavy (non-hydrogen) atoms. The number of aromatic hydroxyl groups is 1. The normalized spacial score (nSPS) is 14.4. The molecule has 1 aliphatic rings. The second-order valence-electron chi connectivity index (χ2n) is 6.92. The van der Waals surface area contributed by atoms with Crippen molar-refractivity contribution >= 4 is 27.6 Å². The van der Waals surface area contributed by atoms with E-state index in [0.717, 1.165) is 12.1 Å². The Kier molecular flexibility index (Phi) is 7.74. The smallest absolute Gasteiger partial charge is 0.342 e. The van der Waals surface area contributed by atoms with Crippen LogP contribution >= 0.6 is 0 Å². The van der Waals surface area contributed by atoms with Crippen molar-refractivity contribution in [1.82, 2.24) is 4.31 Å². The van der Waals surface area contributed by atoms with E-state index in [1.165, 1.54) is 24.6 Å². The van der Waals surface area contributed by atoms with Gasteiger partial charge in [0.05, 0.1) is 32.3 Å². The number of morpholine rings is 1. The quantitative estimate of drug-likeness (QED) is 0.534. The molecule has 2 aromatic rings. The van der Waals surface area contributed by atoms with Crippen LogP contribution in [0.4, 0.5) is 5.69 Å². The molecule has 1 aliphatic heterocycles. The van der Waals surface area contributed by atoms with E-state index in [4.69, 9.17) is 18.9 Å². The first-order valence-electron chi connectivity index (χ1n) is 9.85. The fraction of sp³-hybridized carbons (Fsp3) is 0.333. The summed E-state index contributed by atoms with van der Waals surface area (Å²) >= 11 is 0. The molecule has 0 bridgehead atoms. The van der Waals surface area contributed by atoms with Crippen molar-refractivity contribution < 1.29 is 42.1 Å². The number of phenols is 1. The van der Waals surface area contributed by atoms with Crippen LogP contribution in [0.15, 0.2) is 41.3 Å². The monoisotopic (exact) mass is 480 g/mol. The summed E-state index contributed by atoms with van der Waals surface area (Å²) in [5.41, 5.74) is -0.0196. The number of hydrogen-bond donors (Lipinski definition) is 2. The van der Waals surface area contributed by atoms with Crippen LogP contribution in [0.25, 0.3) is 0 Å². The second kappa shape index (κ2) is 10.5. The van der Waals surface area contributed by atoms with Gasteiger partial charge in [0.15, 0.2) is 6.61 Å². The number of carbonyl (C=O) groups excluding carboxylic acids is 2. The largest absolute Gasteiger partial charge is 0.507 e. The molecule has 12 heteroatoms. The number of nitrogens with one attached hydrogen (secondary N) is 1. The molecule has 0 radical (unpaired) electrons. The Bertz CT molecular complexity index is 1110. The highest BCUT2D eigenvalue weighted by Crippen LogP contribution is 2.26. The summed E-state index contributed by atoms with van der Waals surface area (Å²) in [4.78, 5) is 24.5. The molecular weight excluding hydrogens is 456 g/mol. The van der Waals surface area contributed by atoms with Gasteiger partial charge in [-0.25, -0.2) is 13.2 Å². The van der Waals surface area contributed by atoms with Crippen LogP contribution in [0.5, 0.6) is 17.2 Å². The number of anilines is 1. The van der Waals surface area contributed by atoms with Crippen molar-refractivity contribution in [2.75, 3.05) is 52.4 Å². The maximum absolute atomic E-state index is 12.8. The van der Waals surface area contributed by atoms with Gasteiger partial charge in [0, 0.05) is 37.0 Å². The molecule has 2 aromatic carbocycles. The lowest BCUT2D eigenvalue weighted by molar-refractivity contribution is -0.119. The summed E-state index contributed by atoms with van der Waals surface area (Å²) in [6.07, 6.45) is 0. The van der Waals surface area contributed by atoms with Crippen molar-refractivity contribution in [1.29, 1.82) is 0 Å². The number of hydrogen-bond acceptors (Lipinski definition) is 9. The summed E-state index contributed by atoms with van der Waals surface area (Å²) in [6.45, 7) is 0.218. The molecule has 0 spiro atoms. The van der Waals surface area contributed by atoms with Gasteiger partial charge in [-0.15, -0.1) is 0 Å². The average molecular weight is 480 g/mol. The van der Waals surface area contributed by atoms with Gasteiger partial charge in [0.1, 0.15) is 22.8 Å². The highest BCUT2D eigenvalue weighted by Gasteiger charge is 2.28. The third-order valence-corrected chi connectivity index (χ3v) is 6.66. The number of amides is 1. The van der Waals surface area contributed by atoms with Crippen LogP contribution in [-0.4, -0.2) is 76.8 Å². The standard InChI is InChI=1S/C21H24N2O9S/c1-29-15-9-14(10-16(11-15)30-2)22-20(25)13-32-21(26)18-12-17(3-4-19(18)24)33(27,28)23-5-7-31-8-6-23/h3-4,9-12,24H,5-8,13H2,1-2H3,(H,22,25). The first kappa shape index (κ1) is 24.3. The van der Waals surface area contributed by atoms with E-state index in [1.807, 2.05) is 0 Å². The van der Waals surface area contributed by atoms with Gasteiger partial charge >= 0.3 is 5.97 Å². The average Bonchev–Trinajstić information content (AvgIpc) is 2.82. The predicted molar refractivity (Wildman–Crippen MR) is 116 cm³/mol. The SMILES string of the molecule is COc1cc(NC(=O)COC(=O)c2cc(S(=O)(=O)N3CCOCC3)ccc2O)cc(OC)c1. The molecule has 0 unspecified atom stereocenters. The predicted octanol–water partition coefficient (Wildman–Crippen LogP) is 1.23. The molecule has 2 N–H and O–H groups in total. The molecule has 1 amide bonds. The summed E-state index contributed by atoms with van der Waals surface area (Å²) in [6, 6.07) is 8.03. The van der Waals surface area contributed by atoms with Crippen molar-refractivity contribution in [2.24, 2.45) is 0 Å². The number of sulfonamides is 1. The molecule has 0 saturated carbocycles. The molecule has 1 fully saturated rings. The minimum atomic E-state index is -3.89. The van der Waals surface area contributed by atoms with Gasteiger partial charge in [-0.3, -0.25) is 4.79 Å². The van der Waals surface area contributed by atoms with Crippen molar-refractivity contribution in [3.63, 3.8) is 0 Å². The molecule has 178 valence electrons. The van der Waals surface area contributed by atoms with E-state index < -0.39 is 34.3 Å². The lowest BCUT2D eigenvalue weighted by atomic mass is 10.2. The minimum absolute atomic E-state index is 0.179. The number of phenolic OH excluding ortho intramolecular Hbond substituents is 1. The van der Waals surface area contributed by atoms with Crippen LogP contribution in [0.1, 0.15) is 10.4 Å². The van der Waals surface area contributed by atoms with E-state index in [0.29, 0.717) is 17.2 Å². The van der Waals surface area contributed by atoms with E-state index in [9.17, 15) is 23.1 Å². The van der Waals surface area contributed by atoms with E-state index >= 15 is 0 Å². The highest BCUT2D eigenvalue weighted by atomic mass is 32.2. The molecule has 1 saturated heterocycles. The van der Waals surface area contributed by atoms with Gasteiger partial charge < -0.3 is 29.4 Å². The van der Waals surface area contributed by atoms with E-state index in [1.54, 1.807) is 18.2 Å². The number of carbonyl (C=O) groups is 2. The molecular formula is C21H24N2O9S. The summed E-state index contributed by atoms with van der Waals surface area (Å²) in [5.74, 6) is -1.28. The van der Waals surface area contributed by atoms with Crippen LogP contribution in [0, 0.1) is 0 Å². The zero-order chi connectivity index (χ0) is 24.0. The van der Waals surface area contributed by atoms with Gasteiger partial charge in [0.2, 0.25) is 10.0 Å². The Hall–Kier alpha value is -3.35. The Morgan fingerprint density at radius 3 is 2.30 bits per heavy atom. The number of esters is 1. The highest BCUT2D eigenvalue weighted by molar-refractivity contribution is 7.89. The first-order valence-corrected chi connectivity index (χ1v) is 11.3. The molecule has 0 aromatic heterocycles. The van der Waals surface area contributed by atoms with Crippen molar-refractivity contribution in [3.8, 4) is 17.2 Å². The number of ether oxygens (including phenoxy) is 4. The topological polar surface area (TPSA) is 141 Å². The molecule has 0 atom stereocenters.